The molecule has 0 aliphatic heterocycles. The molecule has 4 atom stereocenters. The zero-order valence-corrected chi connectivity index (χ0v) is 20.0. The summed E-state index contributed by atoms with van der Waals surface area (Å²) in [5, 5.41) is 24.2. The molecule has 4 N–H and O–H groups in total. The second-order valence-electron chi connectivity index (χ2n) is 8.60. The fraction of sp³-hybridized carbons (Fsp3) is 0.810. The van der Waals surface area contributed by atoms with Crippen LogP contribution in [0.15, 0.2) is 0 Å². The number of hydrogen-bond acceptors (Lipinski definition) is 6. The number of amides is 3. The Hall–Kier alpha value is -2.20. The van der Waals surface area contributed by atoms with E-state index in [0.717, 1.165) is 0 Å². The smallest absolute Gasteiger partial charge is 0.328 e. The fourth-order valence-corrected chi connectivity index (χ4v) is 3.41. The molecule has 0 aliphatic carbocycles. The predicted molar refractivity (Wildman–Crippen MR) is 117 cm³/mol. The van der Waals surface area contributed by atoms with Crippen molar-refractivity contribution in [3.05, 3.63) is 0 Å². The Morgan fingerprint density at radius 2 is 1.58 bits per heavy atom. The summed E-state index contributed by atoms with van der Waals surface area (Å²) >= 11 is 0. The average Bonchev–Trinajstić information content (AvgIpc) is 2.65. The number of nitrogens with one attached hydrogen (secondary N) is 2. The lowest BCUT2D eigenvalue weighted by Crippen LogP contribution is -2.58. The van der Waals surface area contributed by atoms with Crippen molar-refractivity contribution in [1.29, 1.82) is 0 Å². The first-order chi connectivity index (χ1) is 14.3. The number of carboxylic acids is 1. The van der Waals surface area contributed by atoms with Crippen LogP contribution in [0.1, 0.15) is 48.0 Å². The van der Waals surface area contributed by atoms with Crippen LogP contribution in [0.2, 0.25) is 0 Å². The molecular weight excluding hydrogens is 404 g/mol. The highest BCUT2D eigenvalue weighted by molar-refractivity contribution is 5.92. The number of likely N-dealkylation sites (N-methyl/N-ethyl adjacent to an activating group) is 3. The molecule has 0 rings (SSSR count). The summed E-state index contributed by atoms with van der Waals surface area (Å²) in [6.45, 7) is 10.5. The van der Waals surface area contributed by atoms with Crippen LogP contribution < -0.4 is 10.6 Å². The molecule has 3 amide bonds. The summed E-state index contributed by atoms with van der Waals surface area (Å²) in [4.78, 5) is 52.5. The van der Waals surface area contributed by atoms with Crippen molar-refractivity contribution in [2.45, 2.75) is 72.2 Å². The van der Waals surface area contributed by atoms with Crippen LogP contribution in [0.4, 0.5) is 0 Å². The van der Waals surface area contributed by atoms with Crippen molar-refractivity contribution in [3.63, 3.8) is 0 Å². The van der Waals surface area contributed by atoms with E-state index in [1.165, 1.54) is 23.8 Å². The molecule has 0 spiro atoms. The topological polar surface area (TPSA) is 139 Å². The first-order valence-electron chi connectivity index (χ1n) is 10.7. The van der Waals surface area contributed by atoms with Gasteiger partial charge in [0.2, 0.25) is 17.7 Å². The molecule has 0 aromatic rings. The van der Waals surface area contributed by atoms with Gasteiger partial charge in [0.1, 0.15) is 6.04 Å². The van der Waals surface area contributed by atoms with Gasteiger partial charge in [-0.15, -0.1) is 0 Å². The van der Waals surface area contributed by atoms with Crippen molar-refractivity contribution < 1.29 is 29.4 Å². The second-order valence-corrected chi connectivity index (χ2v) is 8.60. The maximum atomic E-state index is 13.0. The van der Waals surface area contributed by atoms with E-state index in [0.29, 0.717) is 12.3 Å². The second kappa shape index (κ2) is 13.3. The van der Waals surface area contributed by atoms with E-state index in [1.807, 2.05) is 13.8 Å². The largest absolute Gasteiger partial charge is 0.480 e. The molecule has 10 nitrogen and oxygen atoms in total. The number of aliphatic hydroxyl groups is 1. The van der Waals surface area contributed by atoms with Gasteiger partial charge in [0, 0.05) is 13.6 Å². The number of carbonyl (C=O) groups excluding carboxylic acids is 3. The Balaban J connectivity index is 5.48. The lowest BCUT2D eigenvalue weighted by molar-refractivity contribution is -0.149. The van der Waals surface area contributed by atoms with Crippen molar-refractivity contribution in [1.82, 2.24) is 20.4 Å². The maximum Gasteiger partial charge on any atom is 0.328 e. The van der Waals surface area contributed by atoms with E-state index in [9.17, 15) is 29.4 Å². The van der Waals surface area contributed by atoms with E-state index in [1.54, 1.807) is 27.8 Å². The van der Waals surface area contributed by atoms with Crippen LogP contribution in [0.3, 0.4) is 0 Å². The third kappa shape index (κ3) is 8.82. The minimum Gasteiger partial charge on any atom is -0.480 e. The number of aliphatic hydroxyl groups excluding tert-OH is 1. The molecule has 0 fully saturated rings. The monoisotopic (exact) mass is 444 g/mol. The number of carboxylic acid groups (broad SMARTS) is 1. The number of hydrogen-bond donors (Lipinski definition) is 4. The third-order valence-electron chi connectivity index (χ3n) is 5.05. The zero-order chi connectivity index (χ0) is 24.5. The van der Waals surface area contributed by atoms with Crippen LogP contribution in [-0.4, -0.2) is 95.1 Å². The summed E-state index contributed by atoms with van der Waals surface area (Å²) in [5.74, 6) is -2.70. The van der Waals surface area contributed by atoms with E-state index < -0.39 is 42.0 Å². The molecule has 0 aromatic carbocycles. The van der Waals surface area contributed by atoms with Gasteiger partial charge in [0.15, 0.2) is 6.04 Å². The minimum atomic E-state index is -1.49. The van der Waals surface area contributed by atoms with E-state index in [4.69, 9.17) is 0 Å². The van der Waals surface area contributed by atoms with Crippen molar-refractivity contribution >= 4 is 23.7 Å². The lowest BCUT2D eigenvalue weighted by Gasteiger charge is -2.35. The maximum absolute atomic E-state index is 13.0. The molecule has 0 saturated carbocycles. The zero-order valence-electron chi connectivity index (χ0n) is 20.0. The predicted octanol–water partition coefficient (Wildman–Crippen LogP) is -0.0978. The Morgan fingerprint density at radius 3 is 1.94 bits per heavy atom. The first-order valence-corrected chi connectivity index (χ1v) is 10.7. The quantitative estimate of drug-likeness (QED) is 0.311. The Kier molecular flexibility index (Phi) is 12.3. The van der Waals surface area contributed by atoms with Crippen LogP contribution in [0.25, 0.3) is 0 Å². The molecule has 0 bridgehead atoms. The molecule has 0 heterocycles. The lowest BCUT2D eigenvalue weighted by atomic mass is 10.00. The molecule has 0 saturated heterocycles. The molecule has 0 unspecified atom stereocenters. The molecule has 10 heteroatoms. The van der Waals surface area contributed by atoms with Crippen molar-refractivity contribution in [3.8, 4) is 0 Å². The average molecular weight is 445 g/mol. The summed E-state index contributed by atoms with van der Waals surface area (Å²) in [5.41, 5.74) is 0. The number of nitrogens with zero attached hydrogens (tertiary/aromatic N) is 2. The SMILES string of the molecule is CCN(C(=O)CN(C)C(=O)[C@H](CC(C)C)NC)[C@H](C(=O)N[C@H](C(=O)O)[C@@H](C)O)C(C)C. The van der Waals surface area contributed by atoms with E-state index >= 15 is 0 Å². The van der Waals surface area contributed by atoms with Crippen LogP contribution in [0, 0.1) is 11.8 Å². The summed E-state index contributed by atoms with van der Waals surface area (Å²) in [6.07, 6.45) is -0.679. The van der Waals surface area contributed by atoms with Gasteiger partial charge >= 0.3 is 5.97 Å². The molecule has 0 aliphatic rings. The standard InChI is InChI=1S/C21H40N4O6/c1-9-25(16(27)11-24(8)20(29)15(22-7)10-12(2)3)18(13(4)5)19(28)23-17(14(6)26)21(30)31/h12-15,17-18,22,26H,9-11H2,1-8H3,(H,23,28)(H,30,31)/t14-,15+,17+,18+/m1/s1. The molecular formula is C21H40N4O6. The van der Waals surface area contributed by atoms with Crippen LogP contribution >= 0.6 is 0 Å². The summed E-state index contributed by atoms with van der Waals surface area (Å²) in [6, 6.07) is -2.85. The fourth-order valence-electron chi connectivity index (χ4n) is 3.41. The van der Waals surface area contributed by atoms with Gasteiger partial charge in [0.25, 0.3) is 0 Å². The van der Waals surface area contributed by atoms with Gasteiger partial charge in [0.05, 0.1) is 18.7 Å². The van der Waals surface area contributed by atoms with Crippen molar-refractivity contribution in [2.24, 2.45) is 11.8 Å². The molecule has 0 aromatic heterocycles. The van der Waals surface area contributed by atoms with Gasteiger partial charge in [-0.25, -0.2) is 4.79 Å². The normalized spacial score (nSPS) is 15.2. The van der Waals surface area contributed by atoms with Crippen molar-refractivity contribution in [2.75, 3.05) is 27.2 Å². The highest BCUT2D eigenvalue weighted by atomic mass is 16.4. The third-order valence-corrected chi connectivity index (χ3v) is 5.05. The van der Waals surface area contributed by atoms with Gasteiger partial charge in [-0.05, 0) is 39.2 Å². The highest BCUT2D eigenvalue weighted by Crippen LogP contribution is 2.14. The van der Waals surface area contributed by atoms with Gasteiger partial charge in [-0.3, -0.25) is 14.4 Å². The number of aliphatic carboxylic acids is 1. The Morgan fingerprint density at radius 1 is 1.03 bits per heavy atom. The summed E-state index contributed by atoms with van der Waals surface area (Å²) in [7, 11) is 3.23. The number of rotatable bonds is 13. The molecule has 31 heavy (non-hydrogen) atoms. The first kappa shape index (κ1) is 28.8. The Labute approximate surface area is 185 Å². The summed E-state index contributed by atoms with van der Waals surface area (Å²) < 4.78 is 0. The van der Waals surface area contributed by atoms with Crippen LogP contribution in [0.5, 0.6) is 0 Å². The van der Waals surface area contributed by atoms with E-state index in [2.05, 4.69) is 10.6 Å². The Bertz CT molecular complexity index is 623. The highest BCUT2D eigenvalue weighted by Gasteiger charge is 2.36. The van der Waals surface area contributed by atoms with E-state index in [-0.39, 0.29) is 24.9 Å². The van der Waals surface area contributed by atoms with Gasteiger partial charge < -0.3 is 30.6 Å². The molecule has 0 radical (unpaired) electrons. The number of carbonyl (C=O) groups is 4. The van der Waals surface area contributed by atoms with Crippen LogP contribution in [-0.2, 0) is 19.2 Å². The molecule has 180 valence electrons. The van der Waals surface area contributed by atoms with Gasteiger partial charge in [-0.1, -0.05) is 27.7 Å². The minimum absolute atomic E-state index is 0.199. The van der Waals surface area contributed by atoms with Gasteiger partial charge in [-0.2, -0.15) is 0 Å².